The molecule has 1 saturated heterocycles. The summed E-state index contributed by atoms with van der Waals surface area (Å²) in [5, 5.41) is 34.6. The zero-order valence-corrected chi connectivity index (χ0v) is 11.1. The molecule has 0 bridgehead atoms. The van der Waals surface area contributed by atoms with E-state index in [-0.39, 0.29) is 24.7 Å². The van der Waals surface area contributed by atoms with Crippen LogP contribution in [0.4, 0.5) is 11.5 Å². The van der Waals surface area contributed by atoms with Crippen molar-refractivity contribution in [1.29, 1.82) is 0 Å². The van der Waals surface area contributed by atoms with Crippen molar-refractivity contribution < 1.29 is 15.1 Å². The van der Waals surface area contributed by atoms with Gasteiger partial charge in [-0.2, -0.15) is 5.10 Å². The number of nitro groups is 1. The van der Waals surface area contributed by atoms with Crippen molar-refractivity contribution in [3.63, 3.8) is 0 Å². The second-order valence-electron chi connectivity index (χ2n) is 5.13. The highest BCUT2D eigenvalue weighted by molar-refractivity contribution is 5.63. The molecule has 0 saturated carbocycles. The van der Waals surface area contributed by atoms with Crippen LogP contribution in [0.2, 0.25) is 0 Å². The summed E-state index contributed by atoms with van der Waals surface area (Å²) in [4.78, 5) is 12.4. The van der Waals surface area contributed by atoms with E-state index in [4.69, 9.17) is 0 Å². The Kier molecular flexibility index (Phi) is 3.46. The lowest BCUT2D eigenvalue weighted by atomic mass is 10.1. The van der Waals surface area contributed by atoms with Gasteiger partial charge in [-0.25, -0.2) is 4.68 Å². The van der Waals surface area contributed by atoms with Crippen LogP contribution in [0.1, 0.15) is 25.5 Å². The quantitative estimate of drug-likeness (QED) is 0.591. The fourth-order valence-corrected chi connectivity index (χ4v) is 2.39. The number of aryl methyl sites for hydroxylation is 1. The third kappa shape index (κ3) is 2.28. The molecule has 0 amide bonds. The SMILES string of the molecule is CC(C)c1nn(C)c(N2CC(O)C(O)C2)c1[N+](=O)[O-]. The molecule has 19 heavy (non-hydrogen) atoms. The first kappa shape index (κ1) is 13.8. The molecule has 1 fully saturated rings. The van der Waals surface area contributed by atoms with E-state index < -0.39 is 17.1 Å². The Morgan fingerprint density at radius 3 is 2.32 bits per heavy atom. The molecule has 2 N–H and O–H groups in total. The van der Waals surface area contributed by atoms with Crippen LogP contribution < -0.4 is 4.90 Å². The molecule has 8 nitrogen and oxygen atoms in total. The maximum atomic E-state index is 11.3. The third-order valence-corrected chi connectivity index (χ3v) is 3.31. The first-order chi connectivity index (χ1) is 8.82. The highest BCUT2D eigenvalue weighted by atomic mass is 16.6. The Bertz CT molecular complexity index is 489. The molecule has 2 heterocycles. The first-order valence-electron chi connectivity index (χ1n) is 6.15. The van der Waals surface area contributed by atoms with Crippen LogP contribution in [-0.2, 0) is 7.05 Å². The van der Waals surface area contributed by atoms with E-state index in [2.05, 4.69) is 5.10 Å². The maximum absolute atomic E-state index is 11.3. The molecular weight excluding hydrogens is 252 g/mol. The number of aliphatic hydroxyl groups excluding tert-OH is 2. The van der Waals surface area contributed by atoms with Crippen molar-refractivity contribution in [2.24, 2.45) is 7.05 Å². The van der Waals surface area contributed by atoms with Gasteiger partial charge in [0.1, 0.15) is 5.69 Å². The van der Waals surface area contributed by atoms with E-state index in [1.165, 1.54) is 4.68 Å². The van der Waals surface area contributed by atoms with E-state index in [0.717, 1.165) is 0 Å². The largest absolute Gasteiger partial charge is 0.389 e. The summed E-state index contributed by atoms with van der Waals surface area (Å²) in [6.07, 6.45) is -1.78. The second kappa shape index (κ2) is 4.78. The van der Waals surface area contributed by atoms with E-state index in [1.807, 2.05) is 13.8 Å². The molecule has 2 atom stereocenters. The number of aromatic nitrogens is 2. The third-order valence-electron chi connectivity index (χ3n) is 3.31. The number of β-amino-alcohol motifs (C(OH)–C–C–N with tert-alkyl or cyclic N) is 2. The topological polar surface area (TPSA) is 105 Å². The van der Waals surface area contributed by atoms with Crippen LogP contribution in [0.5, 0.6) is 0 Å². The molecule has 0 radical (unpaired) electrons. The summed E-state index contributed by atoms with van der Waals surface area (Å²) in [5.41, 5.74) is 0.372. The van der Waals surface area contributed by atoms with Gasteiger partial charge in [0.25, 0.3) is 0 Å². The Balaban J connectivity index is 2.48. The van der Waals surface area contributed by atoms with E-state index in [9.17, 15) is 20.3 Å². The zero-order chi connectivity index (χ0) is 14.3. The number of rotatable bonds is 3. The molecule has 1 aromatic heterocycles. The summed E-state index contributed by atoms with van der Waals surface area (Å²) in [5.74, 6) is 0.266. The molecule has 1 aromatic rings. The minimum absolute atomic E-state index is 0.0428. The van der Waals surface area contributed by atoms with Crippen molar-refractivity contribution in [3.8, 4) is 0 Å². The summed E-state index contributed by atoms with van der Waals surface area (Å²) in [7, 11) is 1.63. The van der Waals surface area contributed by atoms with Gasteiger partial charge in [-0.15, -0.1) is 0 Å². The fourth-order valence-electron chi connectivity index (χ4n) is 2.39. The molecule has 0 aliphatic carbocycles. The zero-order valence-electron chi connectivity index (χ0n) is 11.1. The molecule has 0 spiro atoms. The van der Waals surface area contributed by atoms with Crippen LogP contribution in [0.3, 0.4) is 0 Å². The highest BCUT2D eigenvalue weighted by Crippen LogP contribution is 2.36. The van der Waals surface area contributed by atoms with Crippen molar-refractivity contribution in [2.45, 2.75) is 32.0 Å². The van der Waals surface area contributed by atoms with Gasteiger partial charge < -0.3 is 15.1 Å². The van der Waals surface area contributed by atoms with E-state index in [0.29, 0.717) is 11.5 Å². The molecule has 1 aliphatic rings. The molecular formula is C11H18N4O4. The standard InChI is InChI=1S/C11H18N4O4/c1-6(2)9-10(15(18)19)11(13(3)12-9)14-4-7(16)8(17)5-14/h6-8,16-17H,4-5H2,1-3H3. The van der Waals surface area contributed by atoms with Crippen LogP contribution >= 0.6 is 0 Å². The lowest BCUT2D eigenvalue weighted by Crippen LogP contribution is -2.24. The molecule has 1 aliphatic heterocycles. The highest BCUT2D eigenvalue weighted by Gasteiger charge is 2.38. The van der Waals surface area contributed by atoms with Crippen LogP contribution in [-0.4, -0.2) is 50.2 Å². The summed E-state index contributed by atoms with van der Waals surface area (Å²) < 4.78 is 1.44. The van der Waals surface area contributed by atoms with Crippen molar-refractivity contribution in [3.05, 3.63) is 15.8 Å². The molecule has 0 aromatic carbocycles. The number of hydrogen-bond donors (Lipinski definition) is 2. The number of hydrogen-bond acceptors (Lipinski definition) is 6. The molecule has 106 valence electrons. The summed E-state index contributed by atoms with van der Waals surface area (Å²) in [6, 6.07) is 0. The van der Waals surface area contributed by atoms with Gasteiger partial charge in [-0.05, 0) is 0 Å². The predicted octanol–water partition coefficient (Wildman–Crippen LogP) is -0.00650. The van der Waals surface area contributed by atoms with Crippen molar-refractivity contribution in [1.82, 2.24) is 9.78 Å². The van der Waals surface area contributed by atoms with Gasteiger partial charge in [-0.3, -0.25) is 10.1 Å². The number of nitrogens with zero attached hydrogens (tertiary/aromatic N) is 4. The van der Waals surface area contributed by atoms with Crippen molar-refractivity contribution in [2.75, 3.05) is 18.0 Å². The Morgan fingerprint density at radius 2 is 1.89 bits per heavy atom. The average Bonchev–Trinajstić information content (AvgIpc) is 2.80. The molecule has 2 rings (SSSR count). The van der Waals surface area contributed by atoms with Gasteiger partial charge in [0.2, 0.25) is 5.82 Å². The van der Waals surface area contributed by atoms with Gasteiger partial charge in [0.15, 0.2) is 0 Å². The average molecular weight is 270 g/mol. The summed E-state index contributed by atoms with van der Waals surface area (Å²) >= 11 is 0. The Hall–Kier alpha value is -1.67. The Morgan fingerprint density at radius 1 is 1.37 bits per heavy atom. The Labute approximate surface area is 110 Å². The first-order valence-corrected chi connectivity index (χ1v) is 6.15. The molecule has 8 heteroatoms. The van der Waals surface area contributed by atoms with Crippen LogP contribution in [0.15, 0.2) is 0 Å². The monoisotopic (exact) mass is 270 g/mol. The minimum Gasteiger partial charge on any atom is -0.389 e. The van der Waals surface area contributed by atoms with Crippen molar-refractivity contribution >= 4 is 11.5 Å². The van der Waals surface area contributed by atoms with Gasteiger partial charge in [-0.1, -0.05) is 13.8 Å². The smallest absolute Gasteiger partial charge is 0.334 e. The van der Waals surface area contributed by atoms with Gasteiger partial charge in [0.05, 0.1) is 17.1 Å². The normalized spacial score (nSPS) is 23.4. The maximum Gasteiger partial charge on any atom is 0.334 e. The van der Waals surface area contributed by atoms with Crippen LogP contribution in [0.25, 0.3) is 0 Å². The van der Waals surface area contributed by atoms with Gasteiger partial charge >= 0.3 is 5.69 Å². The van der Waals surface area contributed by atoms with E-state index in [1.54, 1.807) is 11.9 Å². The van der Waals surface area contributed by atoms with Gasteiger partial charge in [0, 0.05) is 26.1 Å². The number of aliphatic hydroxyl groups is 2. The van der Waals surface area contributed by atoms with E-state index >= 15 is 0 Å². The number of anilines is 1. The fraction of sp³-hybridized carbons (Fsp3) is 0.727. The minimum atomic E-state index is -0.892. The van der Waals surface area contributed by atoms with Crippen LogP contribution in [0, 0.1) is 10.1 Å². The lowest BCUT2D eigenvalue weighted by molar-refractivity contribution is -0.385. The second-order valence-corrected chi connectivity index (χ2v) is 5.13. The summed E-state index contributed by atoms with van der Waals surface area (Å²) in [6.45, 7) is 4.01. The molecule has 2 unspecified atom stereocenters. The lowest BCUT2D eigenvalue weighted by Gasteiger charge is -2.16. The predicted molar refractivity (Wildman–Crippen MR) is 68.2 cm³/mol.